The number of hydrogen-bond donors (Lipinski definition) is 2. The third-order valence-corrected chi connectivity index (χ3v) is 6.80. The molecule has 1 aliphatic heterocycles. The second-order valence-electron chi connectivity index (χ2n) is 12.7. The number of methoxy groups -OCH3 is 1. The molecule has 12 nitrogen and oxygen atoms in total. The molecule has 2 N–H and O–H groups in total. The molecular formula is C33H42N4O8. The smallest absolute Gasteiger partial charge is 0.497 e. The van der Waals surface area contributed by atoms with E-state index in [4.69, 9.17) is 23.7 Å². The van der Waals surface area contributed by atoms with Gasteiger partial charge in [-0.25, -0.2) is 19.4 Å². The highest BCUT2D eigenvalue weighted by Crippen LogP contribution is 2.30. The predicted octanol–water partition coefficient (Wildman–Crippen LogP) is 5.86. The molecule has 1 aromatic heterocycles. The van der Waals surface area contributed by atoms with E-state index in [2.05, 4.69) is 15.3 Å². The van der Waals surface area contributed by atoms with E-state index in [1.165, 1.54) is 4.90 Å². The Hall–Kier alpha value is -4.74. The fourth-order valence-corrected chi connectivity index (χ4v) is 4.82. The fraction of sp³-hybridized carbons (Fsp3) is 0.455. The molecule has 4 rings (SSSR count). The van der Waals surface area contributed by atoms with Gasteiger partial charge in [0.2, 0.25) is 0 Å². The number of nitrogens with zero attached hydrogens (tertiary/aromatic N) is 2. The van der Waals surface area contributed by atoms with E-state index in [0.717, 1.165) is 22.5 Å². The summed E-state index contributed by atoms with van der Waals surface area (Å²) in [6.45, 7) is 10.5. The maximum Gasteiger partial charge on any atom is 0.509 e. The number of carbonyl (C=O) groups is 3. The Bertz CT molecular complexity index is 1430. The lowest BCUT2D eigenvalue weighted by atomic mass is 10.0. The van der Waals surface area contributed by atoms with Gasteiger partial charge in [-0.15, -0.1) is 0 Å². The third-order valence-electron chi connectivity index (χ3n) is 6.80. The Kier molecular flexibility index (Phi) is 10.3. The highest BCUT2D eigenvalue weighted by molar-refractivity contribution is 5.71. The van der Waals surface area contributed by atoms with E-state index < -0.39 is 47.8 Å². The first-order valence-electron chi connectivity index (χ1n) is 14.8. The lowest BCUT2D eigenvalue weighted by Gasteiger charge is -2.30. The molecule has 2 aromatic carbocycles. The van der Waals surface area contributed by atoms with Gasteiger partial charge in [0.15, 0.2) is 12.2 Å². The van der Waals surface area contributed by atoms with Crippen LogP contribution in [0.3, 0.4) is 0 Å². The van der Waals surface area contributed by atoms with Crippen LogP contribution in [0.25, 0.3) is 11.4 Å². The summed E-state index contributed by atoms with van der Waals surface area (Å²) in [6.07, 6.45) is -0.649. The van der Waals surface area contributed by atoms with Crippen LogP contribution in [0.15, 0.2) is 60.9 Å². The van der Waals surface area contributed by atoms with Crippen molar-refractivity contribution in [2.24, 2.45) is 0 Å². The third kappa shape index (κ3) is 9.62. The van der Waals surface area contributed by atoms with Crippen LogP contribution in [0, 0.1) is 0 Å². The first-order chi connectivity index (χ1) is 21.2. The van der Waals surface area contributed by atoms with Gasteiger partial charge in [0.25, 0.3) is 0 Å². The summed E-state index contributed by atoms with van der Waals surface area (Å²) in [5, 5.41) is 2.77. The topological polar surface area (TPSA) is 141 Å². The van der Waals surface area contributed by atoms with E-state index in [-0.39, 0.29) is 19.5 Å². The monoisotopic (exact) mass is 622 g/mol. The highest BCUT2D eigenvalue weighted by atomic mass is 16.7. The molecule has 242 valence electrons. The minimum absolute atomic E-state index is 0.0683. The summed E-state index contributed by atoms with van der Waals surface area (Å²) in [5.41, 5.74) is 0.983. The number of aromatic nitrogens is 2. The average molecular weight is 623 g/mol. The quantitative estimate of drug-likeness (QED) is 0.233. The lowest BCUT2D eigenvalue weighted by molar-refractivity contribution is -0.0518. The van der Waals surface area contributed by atoms with Gasteiger partial charge in [-0.3, -0.25) is 4.90 Å². The molecular weight excluding hydrogens is 580 g/mol. The summed E-state index contributed by atoms with van der Waals surface area (Å²) in [4.78, 5) is 48.1. The normalized spacial score (nSPS) is 18.2. The van der Waals surface area contributed by atoms with Gasteiger partial charge in [0.1, 0.15) is 22.8 Å². The Labute approximate surface area is 263 Å². The molecule has 3 aromatic rings. The molecule has 45 heavy (non-hydrogen) atoms. The zero-order valence-corrected chi connectivity index (χ0v) is 26.8. The second kappa shape index (κ2) is 13.9. The number of amides is 2. The van der Waals surface area contributed by atoms with Crippen molar-refractivity contribution in [1.82, 2.24) is 20.2 Å². The molecule has 0 spiro atoms. The largest absolute Gasteiger partial charge is 0.509 e. The Morgan fingerprint density at radius 1 is 0.911 bits per heavy atom. The van der Waals surface area contributed by atoms with Gasteiger partial charge in [-0.2, -0.15) is 0 Å². The van der Waals surface area contributed by atoms with E-state index in [0.29, 0.717) is 5.75 Å². The molecule has 0 aliphatic carbocycles. The van der Waals surface area contributed by atoms with Crippen molar-refractivity contribution in [2.75, 3.05) is 13.7 Å². The minimum atomic E-state index is -1.03. The number of benzene rings is 2. The summed E-state index contributed by atoms with van der Waals surface area (Å²) in [6, 6.07) is 14.1. The number of nitrogens with one attached hydrogen (secondary N) is 2. The summed E-state index contributed by atoms with van der Waals surface area (Å²) in [7, 11) is 1.57. The molecule has 1 aliphatic rings. The van der Waals surface area contributed by atoms with Crippen LogP contribution >= 0.6 is 0 Å². The van der Waals surface area contributed by atoms with Crippen LogP contribution < -0.4 is 10.1 Å². The van der Waals surface area contributed by atoms with Gasteiger partial charge in [-0.1, -0.05) is 36.4 Å². The predicted molar refractivity (Wildman–Crippen MR) is 166 cm³/mol. The van der Waals surface area contributed by atoms with Crippen molar-refractivity contribution in [2.45, 2.75) is 84.0 Å². The second-order valence-corrected chi connectivity index (χ2v) is 12.7. The van der Waals surface area contributed by atoms with E-state index in [9.17, 15) is 14.4 Å². The van der Waals surface area contributed by atoms with E-state index in [1.54, 1.807) is 73.2 Å². The number of hydrogen-bond acceptors (Lipinski definition) is 9. The van der Waals surface area contributed by atoms with Crippen LogP contribution in [-0.2, 0) is 31.9 Å². The van der Waals surface area contributed by atoms with Crippen molar-refractivity contribution < 1.29 is 38.1 Å². The molecule has 12 heteroatoms. The SMILES string of the molecule is COc1ccc(C[C@@H]2[C@H](OC(=O)NCc3ccc(-c4ncc[nH]4)cc3)[C@@H](OC(=O)OC(C)(C)C)CN2C(=O)OC(C)(C)C)cc1. The first kappa shape index (κ1) is 33.2. The molecule has 0 unspecified atom stereocenters. The summed E-state index contributed by atoms with van der Waals surface area (Å²) < 4.78 is 28.0. The van der Waals surface area contributed by atoms with Crippen LogP contribution in [0.5, 0.6) is 5.75 Å². The zero-order valence-electron chi connectivity index (χ0n) is 26.8. The van der Waals surface area contributed by atoms with E-state index in [1.807, 2.05) is 36.4 Å². The zero-order chi connectivity index (χ0) is 32.8. The van der Waals surface area contributed by atoms with E-state index >= 15 is 0 Å². The average Bonchev–Trinajstić information content (AvgIpc) is 3.60. The number of H-pyrrole nitrogens is 1. The number of ether oxygens (including phenoxy) is 5. The standard InChI is InChI=1S/C33H42N4O8/c1-32(2,3)44-30(39)37-20-26(42-31(40)45-33(4,5)6)27(25(37)18-21-10-14-24(41-7)15-11-21)43-29(38)36-19-22-8-12-23(13-9-22)28-34-16-17-35-28/h8-17,25-27H,18-20H2,1-7H3,(H,34,35)(H,36,38)/t25-,26+,27+/m1/s1. The minimum Gasteiger partial charge on any atom is -0.497 e. The lowest BCUT2D eigenvalue weighted by Crippen LogP contribution is -2.46. The van der Waals surface area contributed by atoms with Crippen LogP contribution in [-0.4, -0.2) is 76.3 Å². The molecule has 3 atom stereocenters. The highest BCUT2D eigenvalue weighted by Gasteiger charge is 2.50. The maximum absolute atomic E-state index is 13.4. The van der Waals surface area contributed by atoms with Gasteiger partial charge < -0.3 is 34.0 Å². The number of rotatable bonds is 8. The van der Waals surface area contributed by atoms with Crippen molar-refractivity contribution in [3.63, 3.8) is 0 Å². The first-order valence-corrected chi connectivity index (χ1v) is 14.8. The van der Waals surface area contributed by atoms with Crippen LogP contribution in [0.1, 0.15) is 52.7 Å². The number of likely N-dealkylation sites (tertiary alicyclic amines) is 1. The number of carbonyl (C=O) groups excluding carboxylic acids is 3. The van der Waals surface area contributed by atoms with Crippen molar-refractivity contribution in [3.05, 3.63) is 72.1 Å². The fourth-order valence-electron chi connectivity index (χ4n) is 4.82. The Balaban J connectivity index is 1.55. The van der Waals surface area contributed by atoms with Gasteiger partial charge >= 0.3 is 18.3 Å². The van der Waals surface area contributed by atoms with Gasteiger partial charge in [0, 0.05) is 24.5 Å². The molecule has 2 amide bonds. The Morgan fingerprint density at radius 2 is 1.56 bits per heavy atom. The molecule has 1 saturated heterocycles. The molecule has 2 heterocycles. The molecule has 0 bridgehead atoms. The van der Waals surface area contributed by atoms with Crippen LogP contribution in [0.4, 0.5) is 14.4 Å². The summed E-state index contributed by atoms with van der Waals surface area (Å²) >= 11 is 0. The Morgan fingerprint density at radius 3 is 2.13 bits per heavy atom. The maximum atomic E-state index is 13.4. The van der Waals surface area contributed by atoms with Crippen molar-refractivity contribution in [1.29, 1.82) is 0 Å². The number of alkyl carbamates (subject to hydrolysis) is 1. The van der Waals surface area contributed by atoms with Gasteiger partial charge in [-0.05, 0) is 71.2 Å². The molecule has 0 saturated carbocycles. The number of aromatic amines is 1. The number of imidazole rings is 1. The summed E-state index contributed by atoms with van der Waals surface area (Å²) in [5.74, 6) is 1.41. The van der Waals surface area contributed by atoms with Crippen LogP contribution in [0.2, 0.25) is 0 Å². The van der Waals surface area contributed by atoms with Gasteiger partial charge in [0.05, 0.1) is 19.7 Å². The van der Waals surface area contributed by atoms with Crippen molar-refractivity contribution >= 4 is 18.3 Å². The van der Waals surface area contributed by atoms with Crippen molar-refractivity contribution in [3.8, 4) is 17.1 Å². The molecule has 1 fully saturated rings. The molecule has 0 radical (unpaired) electrons.